The van der Waals surface area contributed by atoms with Crippen LogP contribution < -0.4 is 5.69 Å². The molecule has 3 heterocycles. The van der Waals surface area contributed by atoms with E-state index in [0.717, 1.165) is 66.6 Å². The molecule has 3 atom stereocenters. The maximum absolute atomic E-state index is 14.1. The lowest BCUT2D eigenvalue weighted by Gasteiger charge is -2.39. The highest BCUT2D eigenvalue weighted by molar-refractivity contribution is 5.79. The van der Waals surface area contributed by atoms with Gasteiger partial charge in [-0.25, -0.2) is 4.79 Å². The van der Waals surface area contributed by atoms with Gasteiger partial charge in [0.2, 0.25) is 5.82 Å². The standard InChI is InChI=1S/C31H39N7O2/c1-5-6-11-26-19-38(29-27(20(2)3)12-8-13-28(29)21(4)39)31(40)37(26)18-25-17-23(14-15-32-25)22-9-7-10-24(16-22)30-33-35-36-34-30/h7,9-10,14-17,19-20,27-29H,5-6,8,11-13,18H2,1-4H3,(H,33,34,35,36). The molecule has 1 aliphatic rings. The van der Waals surface area contributed by atoms with E-state index in [0.29, 0.717) is 24.2 Å². The van der Waals surface area contributed by atoms with Gasteiger partial charge in [-0.05, 0) is 79.0 Å². The number of aryl methyl sites for hydroxylation is 1. The third-order valence-corrected chi connectivity index (χ3v) is 8.41. The molecule has 1 aromatic carbocycles. The Kier molecular flexibility index (Phi) is 8.38. The number of ketones is 1. The Morgan fingerprint density at radius 3 is 2.65 bits per heavy atom. The van der Waals surface area contributed by atoms with E-state index >= 15 is 0 Å². The Morgan fingerprint density at radius 2 is 1.93 bits per heavy atom. The molecule has 0 amide bonds. The van der Waals surface area contributed by atoms with Crippen LogP contribution in [0, 0.1) is 17.8 Å². The summed E-state index contributed by atoms with van der Waals surface area (Å²) in [5, 5.41) is 14.3. The van der Waals surface area contributed by atoms with Crippen molar-refractivity contribution in [2.24, 2.45) is 17.8 Å². The summed E-state index contributed by atoms with van der Waals surface area (Å²) in [6, 6.07) is 11.9. The number of carbonyl (C=O) groups is 1. The number of hydrogen-bond acceptors (Lipinski definition) is 6. The van der Waals surface area contributed by atoms with Gasteiger partial charge in [0.1, 0.15) is 5.78 Å². The maximum Gasteiger partial charge on any atom is 0.328 e. The molecule has 1 N–H and O–H groups in total. The third kappa shape index (κ3) is 5.69. The van der Waals surface area contributed by atoms with E-state index in [9.17, 15) is 9.59 Å². The lowest BCUT2D eigenvalue weighted by atomic mass is 9.71. The number of imidazole rings is 1. The van der Waals surface area contributed by atoms with Crippen molar-refractivity contribution >= 4 is 5.78 Å². The minimum atomic E-state index is -0.123. The van der Waals surface area contributed by atoms with Crippen molar-refractivity contribution in [2.75, 3.05) is 0 Å². The number of benzene rings is 1. The number of Topliss-reactive ketones (excluding diaryl/α,β-unsaturated/α-hetero) is 1. The quantitative estimate of drug-likeness (QED) is 0.284. The highest BCUT2D eigenvalue weighted by atomic mass is 16.2. The molecular formula is C31H39N7O2. The van der Waals surface area contributed by atoms with Crippen molar-refractivity contribution in [3.8, 4) is 22.5 Å². The summed E-state index contributed by atoms with van der Waals surface area (Å²) in [6.45, 7) is 8.65. The van der Waals surface area contributed by atoms with Crippen LogP contribution in [-0.4, -0.2) is 40.5 Å². The molecule has 0 aliphatic heterocycles. The van der Waals surface area contributed by atoms with Crippen molar-refractivity contribution in [3.05, 3.63) is 70.7 Å². The molecule has 0 saturated heterocycles. The molecule has 0 spiro atoms. The van der Waals surface area contributed by atoms with Gasteiger partial charge in [0, 0.05) is 29.6 Å². The number of carbonyl (C=O) groups excluding carboxylic acids is 1. The zero-order valence-electron chi connectivity index (χ0n) is 23.9. The van der Waals surface area contributed by atoms with E-state index in [2.05, 4.69) is 46.4 Å². The maximum atomic E-state index is 14.1. The van der Waals surface area contributed by atoms with E-state index in [1.54, 1.807) is 13.1 Å². The first kappa shape index (κ1) is 27.7. The second-order valence-corrected chi connectivity index (χ2v) is 11.4. The molecule has 3 unspecified atom stereocenters. The first-order chi connectivity index (χ1) is 19.4. The van der Waals surface area contributed by atoms with Crippen LogP contribution in [0.3, 0.4) is 0 Å². The Balaban J connectivity index is 1.51. The Bertz CT molecular complexity index is 1500. The lowest BCUT2D eigenvalue weighted by Crippen LogP contribution is -2.41. The number of aromatic amines is 1. The highest BCUT2D eigenvalue weighted by Gasteiger charge is 2.39. The number of nitrogens with one attached hydrogen (secondary N) is 1. The van der Waals surface area contributed by atoms with Gasteiger partial charge in [-0.2, -0.15) is 5.21 Å². The molecule has 9 heteroatoms. The molecule has 0 bridgehead atoms. The minimum absolute atomic E-state index is 0.0405. The molecule has 0 radical (unpaired) electrons. The van der Waals surface area contributed by atoms with Crippen molar-refractivity contribution < 1.29 is 4.79 Å². The zero-order valence-corrected chi connectivity index (χ0v) is 23.9. The van der Waals surface area contributed by atoms with Crippen molar-refractivity contribution in [1.29, 1.82) is 0 Å². The van der Waals surface area contributed by atoms with Crippen LogP contribution in [0.5, 0.6) is 0 Å². The fourth-order valence-corrected chi connectivity index (χ4v) is 6.30. The average Bonchev–Trinajstić information content (AvgIpc) is 3.61. The number of hydrogen-bond donors (Lipinski definition) is 1. The van der Waals surface area contributed by atoms with Gasteiger partial charge in [-0.1, -0.05) is 51.8 Å². The predicted molar refractivity (Wildman–Crippen MR) is 155 cm³/mol. The smallest absolute Gasteiger partial charge is 0.300 e. The van der Waals surface area contributed by atoms with Crippen LogP contribution in [0.25, 0.3) is 22.5 Å². The molecule has 1 fully saturated rings. The van der Waals surface area contributed by atoms with Gasteiger partial charge in [-0.3, -0.25) is 18.9 Å². The van der Waals surface area contributed by atoms with Crippen LogP contribution in [0.1, 0.15) is 77.2 Å². The summed E-state index contributed by atoms with van der Waals surface area (Å²) in [4.78, 5) is 31.5. The summed E-state index contributed by atoms with van der Waals surface area (Å²) >= 11 is 0. The molecule has 5 rings (SSSR count). The summed E-state index contributed by atoms with van der Waals surface area (Å²) in [5.74, 6) is 1.28. The van der Waals surface area contributed by atoms with E-state index in [-0.39, 0.29) is 23.4 Å². The molecule has 9 nitrogen and oxygen atoms in total. The Hall–Kier alpha value is -3.88. The second-order valence-electron chi connectivity index (χ2n) is 11.4. The van der Waals surface area contributed by atoms with Gasteiger partial charge in [-0.15, -0.1) is 10.2 Å². The average molecular weight is 542 g/mol. The number of unbranched alkanes of at least 4 members (excludes halogenated alkanes) is 1. The topological polar surface area (TPSA) is 111 Å². The van der Waals surface area contributed by atoms with E-state index in [4.69, 9.17) is 0 Å². The molecular weight excluding hydrogens is 502 g/mol. The summed E-state index contributed by atoms with van der Waals surface area (Å²) in [7, 11) is 0. The summed E-state index contributed by atoms with van der Waals surface area (Å²) in [6.07, 6.45) is 9.60. The molecule has 4 aromatic rings. The first-order valence-corrected chi connectivity index (χ1v) is 14.5. The van der Waals surface area contributed by atoms with Crippen LogP contribution in [0.2, 0.25) is 0 Å². The van der Waals surface area contributed by atoms with E-state index in [1.807, 2.05) is 51.7 Å². The van der Waals surface area contributed by atoms with Gasteiger partial charge in [0.15, 0.2) is 0 Å². The van der Waals surface area contributed by atoms with Crippen molar-refractivity contribution in [1.82, 2.24) is 34.7 Å². The van der Waals surface area contributed by atoms with Gasteiger partial charge < -0.3 is 0 Å². The van der Waals surface area contributed by atoms with Gasteiger partial charge in [0.05, 0.1) is 18.3 Å². The SMILES string of the molecule is CCCCc1cn(C2C(C(C)=O)CCCC2C(C)C)c(=O)n1Cc1cc(-c2cccc(-c3nn[nH]n3)c2)ccn1. The Morgan fingerprint density at radius 1 is 1.12 bits per heavy atom. The predicted octanol–water partition coefficient (Wildman–Crippen LogP) is 5.49. The van der Waals surface area contributed by atoms with Crippen LogP contribution in [0.15, 0.2) is 53.6 Å². The number of aromatic nitrogens is 7. The van der Waals surface area contributed by atoms with Crippen molar-refractivity contribution in [3.63, 3.8) is 0 Å². The normalized spacial score (nSPS) is 19.3. The van der Waals surface area contributed by atoms with Gasteiger partial charge in [0.25, 0.3) is 0 Å². The largest absolute Gasteiger partial charge is 0.328 e. The molecule has 1 saturated carbocycles. The monoisotopic (exact) mass is 541 g/mol. The highest BCUT2D eigenvalue weighted by Crippen LogP contribution is 2.42. The number of nitrogens with zero attached hydrogens (tertiary/aromatic N) is 6. The van der Waals surface area contributed by atoms with Gasteiger partial charge >= 0.3 is 5.69 Å². The second kappa shape index (κ2) is 12.1. The fraction of sp³-hybridized carbons (Fsp3) is 0.484. The number of tetrazole rings is 1. The van der Waals surface area contributed by atoms with Crippen LogP contribution in [0.4, 0.5) is 0 Å². The zero-order chi connectivity index (χ0) is 28.2. The molecule has 3 aromatic heterocycles. The number of H-pyrrole nitrogens is 1. The first-order valence-electron chi connectivity index (χ1n) is 14.5. The van der Waals surface area contributed by atoms with E-state index in [1.165, 1.54) is 0 Å². The number of pyridine rings is 1. The Labute approximate surface area is 235 Å². The third-order valence-electron chi connectivity index (χ3n) is 8.41. The van der Waals surface area contributed by atoms with E-state index < -0.39 is 0 Å². The summed E-state index contributed by atoms with van der Waals surface area (Å²) < 4.78 is 3.78. The molecule has 1 aliphatic carbocycles. The number of rotatable bonds is 10. The van der Waals surface area contributed by atoms with Crippen LogP contribution in [-0.2, 0) is 17.8 Å². The fourth-order valence-electron chi connectivity index (χ4n) is 6.30. The minimum Gasteiger partial charge on any atom is -0.300 e. The molecule has 40 heavy (non-hydrogen) atoms. The molecule has 210 valence electrons. The lowest BCUT2D eigenvalue weighted by molar-refractivity contribution is -0.124. The van der Waals surface area contributed by atoms with Crippen LogP contribution >= 0.6 is 0 Å². The summed E-state index contributed by atoms with van der Waals surface area (Å²) in [5.41, 5.74) is 4.66. The van der Waals surface area contributed by atoms with Crippen molar-refractivity contribution in [2.45, 2.75) is 78.8 Å².